The zero-order chi connectivity index (χ0) is 12.2. The van der Waals surface area contributed by atoms with Gasteiger partial charge >= 0.3 is 6.61 Å². The molecule has 0 radical (unpaired) electrons. The van der Waals surface area contributed by atoms with Gasteiger partial charge in [0.05, 0.1) is 11.0 Å². The van der Waals surface area contributed by atoms with Crippen LogP contribution in [-0.4, -0.2) is 20.8 Å². The Bertz CT molecular complexity index is 490. The Balaban J connectivity index is 2.92. The minimum Gasteiger partial charge on any atom is -0.435 e. The van der Waals surface area contributed by atoms with Crippen LogP contribution in [0.4, 0.5) is 8.78 Å². The van der Waals surface area contributed by atoms with Crippen molar-refractivity contribution in [1.29, 1.82) is 5.26 Å². The lowest BCUT2D eigenvalue weighted by Crippen LogP contribution is -2.05. The highest BCUT2D eigenvalue weighted by Gasteiger charge is 2.14. The van der Waals surface area contributed by atoms with Crippen LogP contribution in [0.25, 0.3) is 0 Å². The summed E-state index contributed by atoms with van der Waals surface area (Å²) in [5.74, 6) is -0.784. The van der Waals surface area contributed by atoms with Gasteiger partial charge in [-0.05, 0) is 24.3 Å². The third-order valence-corrected chi connectivity index (χ3v) is 3.16. The highest BCUT2D eigenvalue weighted by atomic mass is 32.2. The fourth-order valence-corrected chi connectivity index (χ4v) is 1.88. The number of hydrogen-bond donors (Lipinski definition) is 0. The zero-order valence-electron chi connectivity index (χ0n) is 7.93. The number of sulfone groups is 1. The third-order valence-electron chi connectivity index (χ3n) is 1.66. The molecule has 0 saturated heterocycles. The summed E-state index contributed by atoms with van der Waals surface area (Å²) in [6.07, 6.45) is 0. The molecule has 0 aliphatic heterocycles. The molecule has 0 aliphatic carbocycles. The second kappa shape index (κ2) is 4.90. The summed E-state index contributed by atoms with van der Waals surface area (Å²) < 4.78 is 50.3. The molecular formula is C9H7F2NO3S. The summed E-state index contributed by atoms with van der Waals surface area (Å²) >= 11 is 0. The predicted octanol–water partition coefficient (Wildman–Crippen LogP) is 1.59. The van der Waals surface area contributed by atoms with Crippen LogP contribution in [0.5, 0.6) is 5.75 Å². The number of rotatable bonds is 4. The van der Waals surface area contributed by atoms with Gasteiger partial charge in [-0.2, -0.15) is 14.0 Å². The zero-order valence-corrected chi connectivity index (χ0v) is 8.75. The van der Waals surface area contributed by atoms with Gasteiger partial charge in [-0.15, -0.1) is 0 Å². The van der Waals surface area contributed by atoms with Crippen molar-refractivity contribution in [1.82, 2.24) is 0 Å². The molecule has 0 heterocycles. The Morgan fingerprint density at radius 3 is 2.31 bits per heavy atom. The lowest BCUT2D eigenvalue weighted by Gasteiger charge is -2.05. The van der Waals surface area contributed by atoms with Crippen LogP contribution in [-0.2, 0) is 9.84 Å². The molecule has 0 saturated carbocycles. The van der Waals surface area contributed by atoms with E-state index in [1.54, 1.807) is 0 Å². The monoisotopic (exact) mass is 247 g/mol. The van der Waals surface area contributed by atoms with E-state index in [-0.39, 0.29) is 10.6 Å². The van der Waals surface area contributed by atoms with Gasteiger partial charge in [-0.3, -0.25) is 0 Å². The quantitative estimate of drug-likeness (QED) is 0.810. The topological polar surface area (TPSA) is 67.2 Å². The number of nitriles is 1. The fourth-order valence-electron chi connectivity index (χ4n) is 0.997. The van der Waals surface area contributed by atoms with Gasteiger partial charge in [0, 0.05) is 0 Å². The maximum Gasteiger partial charge on any atom is 0.387 e. The van der Waals surface area contributed by atoms with Gasteiger partial charge < -0.3 is 4.74 Å². The molecule has 0 bridgehead atoms. The minimum absolute atomic E-state index is 0.101. The largest absolute Gasteiger partial charge is 0.435 e. The number of hydrogen-bond acceptors (Lipinski definition) is 4. The first-order chi connectivity index (χ1) is 7.45. The summed E-state index contributed by atoms with van der Waals surface area (Å²) in [5.41, 5.74) is 0. The average Bonchev–Trinajstić information content (AvgIpc) is 2.17. The van der Waals surface area contributed by atoms with Crippen LogP contribution >= 0.6 is 0 Å². The SMILES string of the molecule is N#CCS(=O)(=O)c1ccc(OC(F)F)cc1. The molecule has 0 spiro atoms. The van der Waals surface area contributed by atoms with Gasteiger partial charge in [0.1, 0.15) is 11.5 Å². The van der Waals surface area contributed by atoms with Crippen LogP contribution in [0, 0.1) is 11.3 Å². The van der Waals surface area contributed by atoms with Crippen LogP contribution in [0.15, 0.2) is 29.2 Å². The Morgan fingerprint density at radius 2 is 1.88 bits per heavy atom. The molecule has 1 aromatic carbocycles. The van der Waals surface area contributed by atoms with Crippen LogP contribution < -0.4 is 4.74 Å². The van der Waals surface area contributed by atoms with Crippen LogP contribution in [0.1, 0.15) is 0 Å². The summed E-state index contributed by atoms with van der Waals surface area (Å²) in [4.78, 5) is -0.101. The van der Waals surface area contributed by atoms with E-state index < -0.39 is 22.2 Å². The maximum atomic E-state index is 11.8. The highest BCUT2D eigenvalue weighted by molar-refractivity contribution is 7.91. The number of ether oxygens (including phenoxy) is 1. The molecule has 0 unspecified atom stereocenters. The van der Waals surface area contributed by atoms with Crippen molar-refractivity contribution in [3.05, 3.63) is 24.3 Å². The van der Waals surface area contributed by atoms with Crippen molar-refractivity contribution in [2.45, 2.75) is 11.5 Å². The normalized spacial score (nSPS) is 11.1. The van der Waals surface area contributed by atoms with E-state index in [0.717, 1.165) is 24.3 Å². The Kier molecular flexibility index (Phi) is 3.79. The smallest absolute Gasteiger partial charge is 0.387 e. The first kappa shape index (κ1) is 12.4. The number of nitrogens with zero attached hydrogens (tertiary/aromatic N) is 1. The van der Waals surface area contributed by atoms with Gasteiger partial charge in [0.15, 0.2) is 9.84 Å². The van der Waals surface area contributed by atoms with Gasteiger partial charge in [0.2, 0.25) is 0 Å². The molecule has 7 heteroatoms. The van der Waals surface area contributed by atoms with Crippen molar-refractivity contribution in [2.75, 3.05) is 5.75 Å². The molecule has 1 aromatic rings. The van der Waals surface area contributed by atoms with Crippen molar-refractivity contribution < 1.29 is 21.9 Å². The molecule has 0 atom stereocenters. The molecule has 0 amide bonds. The first-order valence-corrected chi connectivity index (χ1v) is 5.75. The second-order valence-electron chi connectivity index (χ2n) is 2.77. The Hall–Kier alpha value is -1.68. The lowest BCUT2D eigenvalue weighted by atomic mass is 10.3. The molecule has 1 rings (SSSR count). The van der Waals surface area contributed by atoms with Crippen LogP contribution in [0.2, 0.25) is 0 Å². The van der Waals surface area contributed by atoms with Crippen LogP contribution in [0.3, 0.4) is 0 Å². The van der Waals surface area contributed by atoms with E-state index in [9.17, 15) is 17.2 Å². The van der Waals surface area contributed by atoms with E-state index in [1.807, 2.05) is 0 Å². The first-order valence-electron chi connectivity index (χ1n) is 4.10. The maximum absolute atomic E-state index is 11.8. The van der Waals surface area contributed by atoms with Crippen molar-refractivity contribution in [3.63, 3.8) is 0 Å². The average molecular weight is 247 g/mol. The lowest BCUT2D eigenvalue weighted by molar-refractivity contribution is -0.0498. The van der Waals surface area contributed by atoms with Crippen molar-refractivity contribution in [2.24, 2.45) is 0 Å². The van der Waals surface area contributed by atoms with Crippen molar-refractivity contribution >= 4 is 9.84 Å². The molecule has 0 N–H and O–H groups in total. The van der Waals surface area contributed by atoms with E-state index in [1.165, 1.54) is 6.07 Å². The van der Waals surface area contributed by atoms with E-state index in [4.69, 9.17) is 5.26 Å². The van der Waals surface area contributed by atoms with E-state index in [0.29, 0.717) is 0 Å². The van der Waals surface area contributed by atoms with Gasteiger partial charge in [0.25, 0.3) is 0 Å². The Labute approximate surface area is 91.0 Å². The van der Waals surface area contributed by atoms with Gasteiger partial charge in [-0.25, -0.2) is 8.42 Å². The van der Waals surface area contributed by atoms with Crippen molar-refractivity contribution in [3.8, 4) is 11.8 Å². The van der Waals surface area contributed by atoms with E-state index in [2.05, 4.69) is 4.74 Å². The number of benzene rings is 1. The molecule has 16 heavy (non-hydrogen) atoms. The molecule has 0 fully saturated rings. The second-order valence-corrected chi connectivity index (χ2v) is 4.76. The number of alkyl halides is 2. The summed E-state index contributed by atoms with van der Waals surface area (Å²) in [6, 6.07) is 5.96. The molecule has 0 aliphatic rings. The Morgan fingerprint density at radius 1 is 1.31 bits per heavy atom. The fraction of sp³-hybridized carbons (Fsp3) is 0.222. The van der Waals surface area contributed by atoms with Gasteiger partial charge in [-0.1, -0.05) is 0 Å². The van der Waals surface area contributed by atoms with E-state index >= 15 is 0 Å². The summed E-state index contributed by atoms with van der Waals surface area (Å²) in [5, 5.41) is 8.28. The molecular weight excluding hydrogens is 240 g/mol. The molecule has 4 nitrogen and oxygen atoms in total. The molecule has 86 valence electrons. The summed E-state index contributed by atoms with van der Waals surface area (Å²) in [7, 11) is -3.66. The minimum atomic E-state index is -3.66. The molecule has 0 aromatic heterocycles. The highest BCUT2D eigenvalue weighted by Crippen LogP contribution is 2.18. The number of halogens is 2. The standard InChI is InChI=1S/C9H7F2NO3S/c10-9(11)15-7-1-3-8(4-2-7)16(13,14)6-5-12/h1-4,9H,6H2. The summed E-state index contributed by atoms with van der Waals surface area (Å²) in [6.45, 7) is -2.96. The predicted molar refractivity (Wildman–Crippen MR) is 50.7 cm³/mol. The third kappa shape index (κ3) is 3.17.